The second-order valence-corrected chi connectivity index (χ2v) is 5.70. The zero-order valence-electron chi connectivity index (χ0n) is 11.3. The van der Waals surface area contributed by atoms with Crippen molar-refractivity contribution in [2.24, 2.45) is 0 Å². The third-order valence-electron chi connectivity index (χ3n) is 3.56. The predicted octanol–water partition coefficient (Wildman–Crippen LogP) is 1.41. The fourth-order valence-electron chi connectivity index (χ4n) is 2.53. The van der Waals surface area contributed by atoms with Gasteiger partial charge < -0.3 is 10.2 Å². The van der Waals surface area contributed by atoms with Crippen LogP contribution in [0.4, 0.5) is 10.2 Å². The van der Waals surface area contributed by atoms with E-state index in [4.69, 9.17) is 0 Å². The van der Waals surface area contributed by atoms with Crippen LogP contribution in [-0.2, 0) is 0 Å². The summed E-state index contributed by atoms with van der Waals surface area (Å²) in [6.45, 7) is 3.39. The summed E-state index contributed by atoms with van der Waals surface area (Å²) in [5.41, 5.74) is 1.79. The fourth-order valence-corrected chi connectivity index (χ4v) is 2.86. The number of fused-ring (bicyclic) bond motifs is 3. The second-order valence-electron chi connectivity index (χ2n) is 4.84. The van der Waals surface area contributed by atoms with Gasteiger partial charge in [-0.05, 0) is 32.4 Å². The molecule has 0 saturated carbocycles. The molecule has 0 bridgehead atoms. The Morgan fingerprint density at radius 2 is 2.00 bits per heavy atom. The molecule has 1 aliphatic heterocycles. The highest BCUT2D eigenvalue weighted by molar-refractivity contribution is 9.10. The van der Waals surface area contributed by atoms with Crippen LogP contribution in [0.5, 0.6) is 0 Å². The minimum absolute atomic E-state index is 0. The molecule has 1 N–H and O–H groups in total. The molecule has 2 aromatic heterocycles. The Morgan fingerprint density at radius 3 is 2.77 bits per heavy atom. The number of rotatable bonds is 1. The molecule has 1 saturated heterocycles. The topological polar surface area (TPSA) is 71.2 Å². The molecule has 0 amide bonds. The number of hydrogen-bond acceptors (Lipinski definition) is 6. The van der Waals surface area contributed by atoms with Gasteiger partial charge in [0.25, 0.3) is 0 Å². The van der Waals surface area contributed by atoms with Crippen LogP contribution in [0.15, 0.2) is 16.6 Å². The van der Waals surface area contributed by atoms with Crippen molar-refractivity contribution in [2.75, 3.05) is 31.1 Å². The third-order valence-corrected chi connectivity index (χ3v) is 4.17. The van der Waals surface area contributed by atoms with Crippen molar-refractivity contribution in [2.45, 2.75) is 0 Å². The molecule has 116 valence electrons. The number of halogens is 3. The van der Waals surface area contributed by atoms with Crippen molar-refractivity contribution in [1.29, 1.82) is 0 Å². The molecular formula is C12H12BrClFN7. The lowest BCUT2D eigenvalue weighted by atomic mass is 10.3. The third kappa shape index (κ3) is 2.38. The van der Waals surface area contributed by atoms with E-state index in [9.17, 15) is 4.39 Å². The summed E-state index contributed by atoms with van der Waals surface area (Å²) in [5.74, 6) is 0.337. The maximum atomic E-state index is 13.8. The number of anilines is 1. The molecule has 0 radical (unpaired) electrons. The molecule has 1 aliphatic rings. The van der Waals surface area contributed by atoms with Gasteiger partial charge in [0.1, 0.15) is 5.82 Å². The van der Waals surface area contributed by atoms with Gasteiger partial charge in [-0.1, -0.05) is 0 Å². The first kappa shape index (κ1) is 15.3. The van der Waals surface area contributed by atoms with Gasteiger partial charge in [-0.15, -0.1) is 17.5 Å². The van der Waals surface area contributed by atoms with Gasteiger partial charge >= 0.3 is 0 Å². The van der Waals surface area contributed by atoms with Crippen molar-refractivity contribution in [1.82, 2.24) is 30.3 Å². The summed E-state index contributed by atoms with van der Waals surface area (Å²) >= 11 is 3.18. The Bertz CT molecular complexity index is 833. The quantitative estimate of drug-likeness (QED) is 0.680. The van der Waals surface area contributed by atoms with Gasteiger partial charge in [-0.25, -0.2) is 9.37 Å². The zero-order chi connectivity index (χ0) is 14.4. The van der Waals surface area contributed by atoms with Crippen LogP contribution in [0.3, 0.4) is 0 Å². The smallest absolute Gasteiger partial charge is 0.222 e. The van der Waals surface area contributed by atoms with E-state index in [0.717, 1.165) is 26.2 Å². The SMILES string of the molecule is Cl.Fc1cc2nc(N3CCNCC3)c3nnnn3c2cc1Br. The zero-order valence-corrected chi connectivity index (χ0v) is 13.7. The lowest BCUT2D eigenvalue weighted by molar-refractivity contribution is 0.585. The van der Waals surface area contributed by atoms with Crippen molar-refractivity contribution >= 4 is 50.8 Å². The molecule has 3 aromatic rings. The van der Waals surface area contributed by atoms with Crippen molar-refractivity contribution < 1.29 is 4.39 Å². The van der Waals surface area contributed by atoms with Gasteiger partial charge in [-0.2, -0.15) is 4.52 Å². The number of nitrogens with zero attached hydrogens (tertiary/aromatic N) is 6. The van der Waals surface area contributed by atoms with Crippen LogP contribution in [0, 0.1) is 5.82 Å². The summed E-state index contributed by atoms with van der Waals surface area (Å²) in [4.78, 5) is 6.69. The van der Waals surface area contributed by atoms with Gasteiger partial charge in [0, 0.05) is 32.2 Å². The number of piperazine rings is 1. The fraction of sp³-hybridized carbons (Fsp3) is 0.333. The minimum Gasteiger partial charge on any atom is -0.351 e. The standard InChI is InChI=1S/C12H11BrFN7.ClH/c13-7-5-10-9(6-8(7)14)16-11(12-17-18-19-21(10)12)20-3-1-15-2-4-20;/h5-6,15H,1-4H2;1H. The first-order valence-electron chi connectivity index (χ1n) is 6.56. The summed E-state index contributed by atoms with van der Waals surface area (Å²) in [7, 11) is 0. The number of aromatic nitrogens is 5. The minimum atomic E-state index is -0.353. The average molecular weight is 389 g/mol. The van der Waals surface area contributed by atoms with Gasteiger partial charge in [0.05, 0.1) is 15.5 Å². The Balaban J connectivity index is 0.00000144. The Kier molecular flexibility index (Phi) is 4.11. The molecule has 4 rings (SSSR count). The summed E-state index contributed by atoms with van der Waals surface area (Å²) in [5, 5.41) is 15.1. The van der Waals surface area contributed by atoms with Crippen LogP contribution in [0.25, 0.3) is 16.7 Å². The first-order valence-corrected chi connectivity index (χ1v) is 7.36. The highest BCUT2D eigenvalue weighted by atomic mass is 79.9. The number of hydrogen-bond donors (Lipinski definition) is 1. The largest absolute Gasteiger partial charge is 0.351 e. The van der Waals surface area contributed by atoms with E-state index in [0.29, 0.717) is 27.0 Å². The first-order chi connectivity index (χ1) is 10.2. The Hall–Kier alpha value is -1.58. The average Bonchev–Trinajstić information content (AvgIpc) is 2.99. The second kappa shape index (κ2) is 5.90. The molecule has 1 aromatic carbocycles. The van der Waals surface area contributed by atoms with Gasteiger partial charge in [0.15, 0.2) is 5.82 Å². The molecule has 0 unspecified atom stereocenters. The highest BCUT2D eigenvalue weighted by Gasteiger charge is 2.20. The molecule has 22 heavy (non-hydrogen) atoms. The maximum absolute atomic E-state index is 13.8. The lowest BCUT2D eigenvalue weighted by Crippen LogP contribution is -2.44. The number of tetrazole rings is 1. The molecular weight excluding hydrogens is 377 g/mol. The molecule has 0 aliphatic carbocycles. The Morgan fingerprint density at radius 1 is 1.23 bits per heavy atom. The molecule has 0 atom stereocenters. The molecule has 10 heteroatoms. The van der Waals surface area contributed by atoms with Crippen molar-refractivity contribution in [3.8, 4) is 0 Å². The van der Waals surface area contributed by atoms with E-state index in [1.54, 1.807) is 10.6 Å². The summed E-state index contributed by atoms with van der Waals surface area (Å²) in [6, 6.07) is 3.04. The summed E-state index contributed by atoms with van der Waals surface area (Å²) < 4.78 is 15.7. The van der Waals surface area contributed by atoms with E-state index in [1.165, 1.54) is 6.07 Å². The van der Waals surface area contributed by atoms with Crippen LogP contribution in [0.1, 0.15) is 0 Å². The van der Waals surface area contributed by atoms with Crippen LogP contribution < -0.4 is 10.2 Å². The molecule has 7 nitrogen and oxygen atoms in total. The molecule has 0 spiro atoms. The van der Waals surface area contributed by atoms with Crippen molar-refractivity contribution in [3.05, 3.63) is 22.4 Å². The normalized spacial score (nSPS) is 15.3. The number of benzene rings is 1. The molecule has 1 fully saturated rings. The summed E-state index contributed by atoms with van der Waals surface area (Å²) in [6.07, 6.45) is 0. The van der Waals surface area contributed by atoms with E-state index in [-0.39, 0.29) is 18.2 Å². The van der Waals surface area contributed by atoms with Crippen molar-refractivity contribution in [3.63, 3.8) is 0 Å². The van der Waals surface area contributed by atoms with E-state index in [1.807, 2.05) is 0 Å². The van der Waals surface area contributed by atoms with E-state index < -0.39 is 0 Å². The van der Waals surface area contributed by atoms with Crippen LogP contribution in [0.2, 0.25) is 0 Å². The van der Waals surface area contributed by atoms with Crippen LogP contribution in [-0.4, -0.2) is 51.2 Å². The van der Waals surface area contributed by atoms with Gasteiger partial charge in [0.2, 0.25) is 5.65 Å². The molecule has 3 heterocycles. The Labute approximate surface area is 139 Å². The lowest BCUT2D eigenvalue weighted by Gasteiger charge is -2.28. The highest BCUT2D eigenvalue weighted by Crippen LogP contribution is 2.26. The predicted molar refractivity (Wildman–Crippen MR) is 86.1 cm³/mol. The monoisotopic (exact) mass is 387 g/mol. The van der Waals surface area contributed by atoms with E-state index >= 15 is 0 Å². The van der Waals surface area contributed by atoms with Crippen LogP contribution >= 0.6 is 28.3 Å². The maximum Gasteiger partial charge on any atom is 0.222 e. The number of nitrogens with one attached hydrogen (secondary N) is 1. The van der Waals surface area contributed by atoms with E-state index in [2.05, 4.69) is 46.7 Å². The van der Waals surface area contributed by atoms with Gasteiger partial charge in [-0.3, -0.25) is 0 Å².